The monoisotopic (exact) mass is 487 g/mol. The SMILES string of the molecule is CCOC(=O)c1ccc(N2C(=O)C(=O)/C(=C(/O)c3cccc(OCC)c3)C2c2cccc(O)c2)cc1. The van der Waals surface area contributed by atoms with E-state index in [4.69, 9.17) is 9.47 Å². The second-order valence-electron chi connectivity index (χ2n) is 7.99. The van der Waals surface area contributed by atoms with Gasteiger partial charge < -0.3 is 19.7 Å². The van der Waals surface area contributed by atoms with E-state index in [1.165, 1.54) is 41.3 Å². The first kappa shape index (κ1) is 24.5. The largest absolute Gasteiger partial charge is 0.508 e. The van der Waals surface area contributed by atoms with Crippen LogP contribution in [0.25, 0.3) is 5.76 Å². The Morgan fingerprint density at radius 1 is 0.917 bits per heavy atom. The summed E-state index contributed by atoms with van der Waals surface area (Å²) in [4.78, 5) is 39.8. The van der Waals surface area contributed by atoms with Crippen molar-refractivity contribution >= 4 is 29.1 Å². The minimum Gasteiger partial charge on any atom is -0.508 e. The third-order valence-corrected chi connectivity index (χ3v) is 5.71. The number of ether oxygens (including phenoxy) is 2. The second-order valence-corrected chi connectivity index (χ2v) is 7.99. The summed E-state index contributed by atoms with van der Waals surface area (Å²) in [7, 11) is 0. The number of nitrogens with zero attached hydrogens (tertiary/aromatic N) is 1. The third kappa shape index (κ3) is 4.65. The van der Waals surface area contributed by atoms with Gasteiger partial charge in [0.2, 0.25) is 0 Å². The fraction of sp³-hybridized carbons (Fsp3) is 0.179. The number of rotatable bonds is 7. The molecule has 0 bridgehead atoms. The maximum absolute atomic E-state index is 13.3. The molecule has 2 N–H and O–H groups in total. The van der Waals surface area contributed by atoms with Gasteiger partial charge in [0, 0.05) is 11.3 Å². The molecule has 1 fully saturated rings. The Labute approximate surface area is 208 Å². The Morgan fingerprint density at radius 3 is 2.31 bits per heavy atom. The summed E-state index contributed by atoms with van der Waals surface area (Å²) < 4.78 is 10.5. The van der Waals surface area contributed by atoms with E-state index >= 15 is 0 Å². The number of carbonyl (C=O) groups excluding carboxylic acids is 3. The predicted octanol–water partition coefficient (Wildman–Crippen LogP) is 4.59. The maximum Gasteiger partial charge on any atom is 0.338 e. The first-order valence-corrected chi connectivity index (χ1v) is 11.5. The van der Waals surface area contributed by atoms with Crippen molar-refractivity contribution in [3.05, 3.63) is 95.1 Å². The summed E-state index contributed by atoms with van der Waals surface area (Å²) in [6.07, 6.45) is 0. The van der Waals surface area contributed by atoms with Crippen LogP contribution in [-0.4, -0.2) is 41.1 Å². The van der Waals surface area contributed by atoms with Gasteiger partial charge in [-0.2, -0.15) is 0 Å². The molecular formula is C28H25NO7. The van der Waals surface area contributed by atoms with Crippen LogP contribution in [0.4, 0.5) is 5.69 Å². The number of amides is 1. The molecule has 1 heterocycles. The molecule has 1 aliphatic heterocycles. The molecule has 0 spiro atoms. The number of aromatic hydroxyl groups is 1. The van der Waals surface area contributed by atoms with E-state index in [0.29, 0.717) is 34.7 Å². The Bertz CT molecular complexity index is 1340. The number of hydrogen-bond donors (Lipinski definition) is 2. The number of anilines is 1. The summed E-state index contributed by atoms with van der Waals surface area (Å²) in [5, 5.41) is 21.4. The molecule has 3 aromatic rings. The zero-order valence-electron chi connectivity index (χ0n) is 19.8. The van der Waals surface area contributed by atoms with Gasteiger partial charge in [-0.15, -0.1) is 0 Å². The normalized spacial score (nSPS) is 16.7. The van der Waals surface area contributed by atoms with E-state index in [2.05, 4.69) is 0 Å². The Hall–Kier alpha value is -4.59. The van der Waals surface area contributed by atoms with Gasteiger partial charge in [0.25, 0.3) is 11.7 Å². The molecule has 1 atom stereocenters. The minimum atomic E-state index is -1.03. The smallest absolute Gasteiger partial charge is 0.338 e. The number of phenols is 1. The highest BCUT2D eigenvalue weighted by Gasteiger charge is 2.47. The van der Waals surface area contributed by atoms with Crippen LogP contribution in [-0.2, 0) is 14.3 Å². The molecule has 4 rings (SSSR count). The van der Waals surface area contributed by atoms with Crippen molar-refractivity contribution in [3.8, 4) is 11.5 Å². The zero-order chi connectivity index (χ0) is 25.8. The van der Waals surface area contributed by atoms with Crippen molar-refractivity contribution in [1.82, 2.24) is 0 Å². The highest BCUT2D eigenvalue weighted by atomic mass is 16.5. The molecule has 1 amide bonds. The van der Waals surface area contributed by atoms with Gasteiger partial charge in [-0.3, -0.25) is 14.5 Å². The number of Topliss-reactive ketones (excluding diaryl/α,β-unsaturated/α-hetero) is 1. The lowest BCUT2D eigenvalue weighted by atomic mass is 9.95. The average Bonchev–Trinajstić information content (AvgIpc) is 3.14. The van der Waals surface area contributed by atoms with E-state index < -0.39 is 23.7 Å². The Kier molecular flexibility index (Phi) is 7.05. The van der Waals surface area contributed by atoms with Gasteiger partial charge in [-0.25, -0.2) is 4.79 Å². The van der Waals surface area contributed by atoms with Crippen LogP contribution in [0.3, 0.4) is 0 Å². The molecule has 0 radical (unpaired) electrons. The zero-order valence-corrected chi connectivity index (χ0v) is 19.8. The van der Waals surface area contributed by atoms with E-state index in [-0.39, 0.29) is 23.7 Å². The minimum absolute atomic E-state index is 0.0610. The lowest BCUT2D eigenvalue weighted by molar-refractivity contribution is -0.132. The van der Waals surface area contributed by atoms with Crippen molar-refractivity contribution in [2.45, 2.75) is 19.9 Å². The molecular weight excluding hydrogens is 462 g/mol. The van der Waals surface area contributed by atoms with Crippen LogP contribution < -0.4 is 9.64 Å². The summed E-state index contributed by atoms with van der Waals surface area (Å²) in [6.45, 7) is 4.16. The van der Waals surface area contributed by atoms with Gasteiger partial charge in [0.1, 0.15) is 17.3 Å². The molecule has 1 aliphatic rings. The van der Waals surface area contributed by atoms with E-state index in [1.54, 1.807) is 43.3 Å². The fourth-order valence-electron chi connectivity index (χ4n) is 4.14. The third-order valence-electron chi connectivity index (χ3n) is 5.71. The van der Waals surface area contributed by atoms with Crippen LogP contribution in [0.5, 0.6) is 11.5 Å². The summed E-state index contributed by atoms with van der Waals surface area (Å²) in [5.74, 6) is -2.17. The second kappa shape index (κ2) is 10.4. The van der Waals surface area contributed by atoms with Crippen molar-refractivity contribution in [2.75, 3.05) is 18.1 Å². The lowest BCUT2D eigenvalue weighted by Crippen LogP contribution is -2.29. The fourth-order valence-corrected chi connectivity index (χ4v) is 4.14. The number of benzene rings is 3. The number of hydrogen-bond acceptors (Lipinski definition) is 7. The molecule has 1 saturated heterocycles. The topological polar surface area (TPSA) is 113 Å². The Morgan fingerprint density at radius 2 is 1.64 bits per heavy atom. The van der Waals surface area contributed by atoms with Crippen LogP contribution in [0.1, 0.15) is 41.4 Å². The molecule has 8 nitrogen and oxygen atoms in total. The Balaban J connectivity index is 1.86. The van der Waals surface area contributed by atoms with Crippen molar-refractivity contribution in [3.63, 3.8) is 0 Å². The lowest BCUT2D eigenvalue weighted by Gasteiger charge is -2.25. The number of aliphatic hydroxyl groups excluding tert-OH is 1. The molecule has 0 saturated carbocycles. The van der Waals surface area contributed by atoms with Gasteiger partial charge in [-0.05, 0) is 67.9 Å². The van der Waals surface area contributed by atoms with Crippen molar-refractivity contribution in [2.24, 2.45) is 0 Å². The number of aliphatic hydroxyl groups is 1. The highest BCUT2D eigenvalue weighted by Crippen LogP contribution is 2.43. The maximum atomic E-state index is 13.3. The molecule has 1 unspecified atom stereocenters. The number of esters is 1. The molecule has 36 heavy (non-hydrogen) atoms. The van der Waals surface area contributed by atoms with Crippen LogP contribution in [0.15, 0.2) is 78.4 Å². The van der Waals surface area contributed by atoms with Crippen molar-refractivity contribution in [1.29, 1.82) is 0 Å². The summed E-state index contributed by atoms with van der Waals surface area (Å²) in [5.41, 5.74) is 1.22. The number of phenolic OH excluding ortho intramolecular Hbond substituents is 1. The molecule has 184 valence electrons. The highest BCUT2D eigenvalue weighted by molar-refractivity contribution is 6.51. The van der Waals surface area contributed by atoms with Crippen LogP contribution in [0.2, 0.25) is 0 Å². The first-order valence-electron chi connectivity index (χ1n) is 11.5. The van der Waals surface area contributed by atoms with E-state index in [9.17, 15) is 24.6 Å². The van der Waals surface area contributed by atoms with Gasteiger partial charge in [-0.1, -0.05) is 24.3 Å². The summed E-state index contributed by atoms with van der Waals surface area (Å²) >= 11 is 0. The molecule has 8 heteroatoms. The van der Waals surface area contributed by atoms with Crippen molar-refractivity contribution < 1.29 is 34.1 Å². The molecule has 3 aromatic carbocycles. The van der Waals surface area contributed by atoms with E-state index in [1.807, 2.05) is 6.92 Å². The molecule has 0 aliphatic carbocycles. The van der Waals surface area contributed by atoms with Gasteiger partial charge >= 0.3 is 5.97 Å². The van der Waals surface area contributed by atoms with Crippen LogP contribution >= 0.6 is 0 Å². The van der Waals surface area contributed by atoms with Gasteiger partial charge in [0.15, 0.2) is 0 Å². The predicted molar refractivity (Wildman–Crippen MR) is 133 cm³/mol. The first-order chi connectivity index (χ1) is 17.3. The molecule has 0 aromatic heterocycles. The quantitative estimate of drug-likeness (QED) is 0.217. The number of ketones is 1. The van der Waals surface area contributed by atoms with Crippen LogP contribution in [0, 0.1) is 0 Å². The standard InChI is InChI=1S/C28H25NO7/c1-3-35-22-10-6-8-19(16-22)25(31)23-24(18-7-5-9-21(30)15-18)29(27(33)26(23)32)20-13-11-17(12-14-20)28(34)36-4-2/h5-16,24,30-31H,3-4H2,1-2H3/b25-23+. The van der Waals surface area contributed by atoms with E-state index in [0.717, 1.165) is 0 Å². The van der Waals surface area contributed by atoms with Gasteiger partial charge in [0.05, 0.1) is 30.4 Å². The average molecular weight is 488 g/mol. The number of carbonyl (C=O) groups is 3. The summed E-state index contributed by atoms with van der Waals surface area (Å²) in [6, 6.07) is 17.8.